The fourth-order valence-corrected chi connectivity index (χ4v) is 3.71. The van der Waals surface area contributed by atoms with E-state index in [1.54, 1.807) is 0 Å². The summed E-state index contributed by atoms with van der Waals surface area (Å²) in [6.07, 6.45) is 8.72. The normalized spacial score (nSPS) is 30.1. The fourth-order valence-electron chi connectivity index (χ4n) is 3.71. The molecule has 0 radical (unpaired) electrons. The van der Waals surface area contributed by atoms with Gasteiger partial charge in [0.25, 0.3) is 0 Å². The van der Waals surface area contributed by atoms with Crippen molar-refractivity contribution in [3.8, 4) is 0 Å². The Morgan fingerprint density at radius 3 is 2.50 bits per heavy atom. The van der Waals surface area contributed by atoms with Crippen LogP contribution in [0.5, 0.6) is 0 Å². The maximum atomic E-state index is 4.38. The maximum absolute atomic E-state index is 4.38. The summed E-state index contributed by atoms with van der Waals surface area (Å²) in [4.78, 5) is 5.14. The molecule has 4 rings (SSSR count). The van der Waals surface area contributed by atoms with Crippen LogP contribution in [-0.2, 0) is 0 Å². The van der Waals surface area contributed by atoms with Crippen molar-refractivity contribution in [2.75, 3.05) is 33.2 Å². The number of piperidine rings is 1. The van der Waals surface area contributed by atoms with E-state index >= 15 is 0 Å². The summed E-state index contributed by atoms with van der Waals surface area (Å²) in [6, 6.07) is 1.34. The van der Waals surface area contributed by atoms with Gasteiger partial charge in [-0.15, -0.1) is 5.10 Å². The van der Waals surface area contributed by atoms with E-state index in [0.717, 1.165) is 12.0 Å². The van der Waals surface area contributed by atoms with E-state index in [4.69, 9.17) is 0 Å². The number of hydrogen-bond donors (Lipinski definition) is 0. The number of aromatic nitrogens is 3. The zero-order valence-electron chi connectivity index (χ0n) is 12.4. The Morgan fingerprint density at radius 2 is 1.75 bits per heavy atom. The lowest BCUT2D eigenvalue weighted by molar-refractivity contribution is 0.139. The first-order valence-electron chi connectivity index (χ1n) is 8.14. The van der Waals surface area contributed by atoms with Gasteiger partial charge in [0, 0.05) is 31.2 Å². The first-order valence-corrected chi connectivity index (χ1v) is 8.14. The van der Waals surface area contributed by atoms with Crippen LogP contribution in [0.4, 0.5) is 0 Å². The second-order valence-electron chi connectivity index (χ2n) is 6.87. The lowest BCUT2D eigenvalue weighted by atomic mass is 10.0. The van der Waals surface area contributed by atoms with E-state index in [1.165, 1.54) is 64.0 Å². The van der Waals surface area contributed by atoms with Gasteiger partial charge in [-0.1, -0.05) is 5.21 Å². The van der Waals surface area contributed by atoms with Crippen molar-refractivity contribution in [1.82, 2.24) is 24.8 Å². The van der Waals surface area contributed by atoms with E-state index in [1.807, 2.05) is 0 Å². The van der Waals surface area contributed by atoms with Gasteiger partial charge in [-0.2, -0.15) is 0 Å². The highest BCUT2D eigenvalue weighted by Crippen LogP contribution is 2.39. The summed E-state index contributed by atoms with van der Waals surface area (Å²) in [6.45, 7) is 4.90. The highest BCUT2D eigenvalue weighted by molar-refractivity contribution is 5.09. The van der Waals surface area contributed by atoms with Crippen LogP contribution in [0.25, 0.3) is 0 Å². The molecule has 1 aromatic heterocycles. The van der Waals surface area contributed by atoms with E-state index < -0.39 is 0 Å². The van der Waals surface area contributed by atoms with Crippen LogP contribution in [0.1, 0.15) is 49.8 Å². The number of likely N-dealkylation sites (tertiary alicyclic amines) is 2. The Bertz CT molecular complexity index is 459. The van der Waals surface area contributed by atoms with E-state index in [9.17, 15) is 0 Å². The van der Waals surface area contributed by atoms with Crippen LogP contribution >= 0.6 is 0 Å². The van der Waals surface area contributed by atoms with Crippen molar-refractivity contribution in [2.45, 2.75) is 50.1 Å². The largest absolute Gasteiger partial charge is 0.306 e. The predicted octanol–water partition coefficient (Wildman–Crippen LogP) is 1.50. The first kappa shape index (κ1) is 12.8. The Balaban J connectivity index is 1.37. The smallest absolute Gasteiger partial charge is 0.0858 e. The molecule has 20 heavy (non-hydrogen) atoms. The van der Waals surface area contributed by atoms with Crippen LogP contribution < -0.4 is 0 Å². The third-order valence-electron chi connectivity index (χ3n) is 5.30. The third-order valence-corrected chi connectivity index (χ3v) is 5.30. The van der Waals surface area contributed by atoms with Crippen molar-refractivity contribution in [1.29, 1.82) is 0 Å². The van der Waals surface area contributed by atoms with Crippen LogP contribution in [0.3, 0.4) is 0 Å². The monoisotopic (exact) mass is 275 g/mol. The molecule has 0 bridgehead atoms. The van der Waals surface area contributed by atoms with Gasteiger partial charge < -0.3 is 4.90 Å². The molecule has 2 aliphatic heterocycles. The molecule has 1 aliphatic carbocycles. The van der Waals surface area contributed by atoms with Crippen LogP contribution in [0.2, 0.25) is 0 Å². The highest BCUT2D eigenvalue weighted by atomic mass is 15.4. The van der Waals surface area contributed by atoms with Crippen LogP contribution in [-0.4, -0.2) is 64.1 Å². The molecule has 1 saturated carbocycles. The maximum Gasteiger partial charge on any atom is 0.0858 e. The molecular formula is C15H25N5. The van der Waals surface area contributed by atoms with Gasteiger partial charge in [0.1, 0.15) is 0 Å². The molecule has 3 heterocycles. The SMILES string of the molecule is CN1CCC(N2CCC(n3cc(C4CC4)nn3)C2)CC1. The summed E-state index contributed by atoms with van der Waals surface area (Å²) >= 11 is 0. The van der Waals surface area contributed by atoms with E-state index in [-0.39, 0.29) is 0 Å². The number of nitrogens with zero attached hydrogens (tertiary/aromatic N) is 5. The Kier molecular flexibility index (Phi) is 3.27. The standard InChI is InChI=1S/C15H25N5/c1-18-7-4-13(5-8-18)19-9-6-14(10-19)20-11-15(16-17-20)12-2-3-12/h11-14H,2-10H2,1H3. The zero-order chi connectivity index (χ0) is 13.5. The Labute approximate surface area is 120 Å². The Morgan fingerprint density at radius 1 is 1.00 bits per heavy atom. The molecule has 110 valence electrons. The third kappa shape index (κ3) is 2.49. The van der Waals surface area contributed by atoms with Gasteiger partial charge >= 0.3 is 0 Å². The fraction of sp³-hybridized carbons (Fsp3) is 0.867. The van der Waals surface area contributed by atoms with E-state index in [0.29, 0.717) is 6.04 Å². The average Bonchev–Trinajstić information content (AvgIpc) is 3.01. The second-order valence-corrected chi connectivity index (χ2v) is 6.87. The van der Waals surface area contributed by atoms with Gasteiger partial charge in [-0.05, 0) is 52.2 Å². The number of hydrogen-bond acceptors (Lipinski definition) is 4. The molecule has 2 saturated heterocycles. The van der Waals surface area contributed by atoms with Crippen molar-refractivity contribution < 1.29 is 0 Å². The molecule has 0 amide bonds. The summed E-state index contributed by atoms with van der Waals surface area (Å²) in [7, 11) is 2.23. The van der Waals surface area contributed by atoms with E-state index in [2.05, 4.69) is 38.0 Å². The minimum Gasteiger partial charge on any atom is -0.306 e. The van der Waals surface area contributed by atoms with Crippen LogP contribution in [0.15, 0.2) is 6.20 Å². The first-order chi connectivity index (χ1) is 9.79. The van der Waals surface area contributed by atoms with Gasteiger partial charge in [-0.25, -0.2) is 4.68 Å². The average molecular weight is 275 g/mol. The second kappa shape index (κ2) is 5.11. The van der Waals surface area contributed by atoms with Crippen molar-refractivity contribution in [3.63, 3.8) is 0 Å². The van der Waals surface area contributed by atoms with Crippen molar-refractivity contribution in [3.05, 3.63) is 11.9 Å². The molecule has 5 heteroatoms. The molecule has 1 unspecified atom stereocenters. The Hall–Kier alpha value is -0.940. The van der Waals surface area contributed by atoms with Gasteiger partial charge in [-0.3, -0.25) is 4.90 Å². The molecule has 3 aliphatic rings. The molecular weight excluding hydrogens is 250 g/mol. The van der Waals surface area contributed by atoms with Crippen molar-refractivity contribution >= 4 is 0 Å². The molecule has 5 nitrogen and oxygen atoms in total. The minimum absolute atomic E-state index is 0.551. The lowest BCUT2D eigenvalue weighted by Crippen LogP contribution is -2.42. The molecule has 3 fully saturated rings. The quantitative estimate of drug-likeness (QED) is 0.838. The molecule has 0 N–H and O–H groups in total. The minimum atomic E-state index is 0.551. The molecule has 0 aromatic carbocycles. The van der Waals surface area contributed by atoms with Gasteiger partial charge in [0.15, 0.2) is 0 Å². The molecule has 1 aromatic rings. The van der Waals surface area contributed by atoms with Gasteiger partial charge in [0.2, 0.25) is 0 Å². The van der Waals surface area contributed by atoms with Crippen LogP contribution in [0, 0.1) is 0 Å². The van der Waals surface area contributed by atoms with Gasteiger partial charge in [0.05, 0.1) is 11.7 Å². The molecule has 1 atom stereocenters. The van der Waals surface area contributed by atoms with Crippen molar-refractivity contribution in [2.24, 2.45) is 0 Å². The summed E-state index contributed by atoms with van der Waals surface area (Å²) in [5, 5.41) is 8.74. The topological polar surface area (TPSA) is 37.2 Å². The number of rotatable bonds is 3. The predicted molar refractivity (Wildman–Crippen MR) is 77.7 cm³/mol. The summed E-state index contributed by atoms with van der Waals surface area (Å²) in [5.41, 5.74) is 1.22. The lowest BCUT2D eigenvalue weighted by Gasteiger charge is -2.35. The summed E-state index contributed by atoms with van der Waals surface area (Å²) in [5.74, 6) is 0.718. The highest BCUT2D eigenvalue weighted by Gasteiger charge is 2.32. The molecule has 0 spiro atoms. The zero-order valence-corrected chi connectivity index (χ0v) is 12.4. The summed E-state index contributed by atoms with van der Waals surface area (Å²) < 4.78 is 2.14.